The van der Waals surface area contributed by atoms with Crippen LogP contribution in [0.3, 0.4) is 0 Å². The Morgan fingerprint density at radius 2 is 2.15 bits per heavy atom. The summed E-state index contributed by atoms with van der Waals surface area (Å²) in [7, 11) is 0. The lowest BCUT2D eigenvalue weighted by Crippen LogP contribution is -2.39. The van der Waals surface area contributed by atoms with Crippen molar-refractivity contribution in [3.63, 3.8) is 0 Å². The van der Waals surface area contributed by atoms with Gasteiger partial charge in [-0.25, -0.2) is 4.98 Å². The Balaban J connectivity index is 1.42. The van der Waals surface area contributed by atoms with Crippen LogP contribution in [0.5, 0.6) is 5.75 Å². The van der Waals surface area contributed by atoms with E-state index in [1.807, 2.05) is 37.3 Å². The van der Waals surface area contributed by atoms with Crippen molar-refractivity contribution in [3.8, 4) is 5.75 Å². The zero-order valence-corrected chi connectivity index (χ0v) is 15.4. The van der Waals surface area contributed by atoms with Crippen molar-refractivity contribution >= 4 is 11.2 Å². The van der Waals surface area contributed by atoms with E-state index in [0.29, 0.717) is 23.6 Å². The van der Waals surface area contributed by atoms with Gasteiger partial charge >= 0.3 is 0 Å². The molecule has 1 saturated heterocycles. The number of nitrogens with zero attached hydrogens (tertiary/aromatic N) is 2. The summed E-state index contributed by atoms with van der Waals surface area (Å²) in [5.41, 5.74) is 3.43. The zero-order chi connectivity index (χ0) is 17.7. The molecular weight excluding hydrogens is 344 g/mol. The van der Waals surface area contributed by atoms with Crippen LogP contribution in [0.1, 0.15) is 23.6 Å². The third-order valence-electron chi connectivity index (χ3n) is 5.47. The fourth-order valence-corrected chi connectivity index (χ4v) is 5.17. The van der Waals surface area contributed by atoms with Crippen LogP contribution in [-0.4, -0.2) is 33.6 Å². The van der Waals surface area contributed by atoms with E-state index in [9.17, 15) is 4.55 Å². The van der Waals surface area contributed by atoms with Gasteiger partial charge in [0.1, 0.15) is 12.4 Å². The topological polar surface area (TPSA) is 48.4 Å². The van der Waals surface area contributed by atoms with Crippen LogP contribution in [0, 0.1) is 6.92 Å². The number of aromatic nitrogens is 1. The van der Waals surface area contributed by atoms with E-state index in [2.05, 4.69) is 34.2 Å². The fourth-order valence-electron chi connectivity index (χ4n) is 4.10. The number of likely N-dealkylation sites (tertiary alicyclic amines) is 1. The molecule has 4 nitrogen and oxygen atoms in total. The second-order valence-corrected chi connectivity index (χ2v) is 8.43. The summed E-state index contributed by atoms with van der Waals surface area (Å²) < 4.78 is 19.0. The van der Waals surface area contributed by atoms with Crippen molar-refractivity contribution in [1.82, 2.24) is 9.88 Å². The molecule has 5 rings (SSSR count). The Labute approximate surface area is 156 Å². The van der Waals surface area contributed by atoms with Gasteiger partial charge < -0.3 is 14.2 Å². The first-order valence-electron chi connectivity index (χ1n) is 8.98. The van der Waals surface area contributed by atoms with Gasteiger partial charge in [-0.2, -0.15) is 0 Å². The Kier molecular flexibility index (Phi) is 3.80. The minimum Gasteiger partial charge on any atom is -0.605 e. The molecular formula is C21H20N2O2S. The molecule has 3 unspecified atom stereocenters. The van der Waals surface area contributed by atoms with Crippen LogP contribution in [0.2, 0.25) is 0 Å². The van der Waals surface area contributed by atoms with Crippen LogP contribution in [0.25, 0.3) is 0 Å². The van der Waals surface area contributed by atoms with Gasteiger partial charge in [-0.3, -0.25) is 0 Å². The summed E-state index contributed by atoms with van der Waals surface area (Å²) in [6, 6.07) is 12.0. The lowest BCUT2D eigenvalue weighted by molar-refractivity contribution is 0.174. The first-order chi connectivity index (χ1) is 12.7. The van der Waals surface area contributed by atoms with Crippen LogP contribution in [-0.2, 0) is 11.2 Å². The largest absolute Gasteiger partial charge is 0.605 e. The maximum atomic E-state index is 12.9. The summed E-state index contributed by atoms with van der Waals surface area (Å²) in [5.74, 6) is 1.36. The van der Waals surface area contributed by atoms with Crippen molar-refractivity contribution in [2.24, 2.45) is 0 Å². The molecule has 132 valence electrons. The molecule has 2 aliphatic heterocycles. The van der Waals surface area contributed by atoms with Crippen LogP contribution >= 0.6 is 0 Å². The number of ether oxygens (including phenoxy) is 1. The van der Waals surface area contributed by atoms with Crippen LogP contribution in [0.4, 0.5) is 0 Å². The van der Waals surface area contributed by atoms with Crippen molar-refractivity contribution in [2.75, 3.05) is 13.2 Å². The second kappa shape index (κ2) is 6.18. The molecule has 3 atom stereocenters. The number of fused-ring (bicyclic) bond motifs is 3. The van der Waals surface area contributed by atoms with E-state index in [0.717, 1.165) is 29.3 Å². The van der Waals surface area contributed by atoms with Gasteiger partial charge in [-0.05, 0) is 49.3 Å². The van der Waals surface area contributed by atoms with E-state index in [-0.39, 0.29) is 0 Å². The summed E-state index contributed by atoms with van der Waals surface area (Å²) >= 11 is -1.29. The predicted molar refractivity (Wildman–Crippen MR) is 101 cm³/mol. The van der Waals surface area contributed by atoms with Gasteiger partial charge in [0.25, 0.3) is 5.03 Å². The van der Waals surface area contributed by atoms with Crippen molar-refractivity contribution in [3.05, 3.63) is 71.6 Å². The molecule has 2 aromatic rings. The standard InChI is InChI=1S/C21H20N2O2S/c1-14-4-2-7-21(22-14)26(24)16-8-9-18-17-10-11-23(15-5-3-6-15)19(17)13-25-20(18)12-16/h2-9,12,17,19H,10-11,13H2,1H3. The SMILES string of the molecule is Cc1cccc([S+]([O-])c2ccc3c(c2)OCC2C3CCN2C2=CC=C2)n1. The Hall–Kier alpha value is -2.24. The number of allylic oxidation sites excluding steroid dienone is 3. The average molecular weight is 364 g/mol. The van der Waals surface area contributed by atoms with E-state index in [1.54, 1.807) is 0 Å². The third-order valence-corrected chi connectivity index (χ3v) is 6.76. The van der Waals surface area contributed by atoms with Crippen LogP contribution in [0.15, 0.2) is 70.2 Å². The molecule has 1 aromatic heterocycles. The maximum Gasteiger partial charge on any atom is 0.250 e. The molecule has 1 aromatic carbocycles. The van der Waals surface area contributed by atoms with Crippen molar-refractivity contribution < 1.29 is 9.29 Å². The summed E-state index contributed by atoms with van der Waals surface area (Å²) in [4.78, 5) is 7.60. The second-order valence-electron chi connectivity index (χ2n) is 7.00. The van der Waals surface area contributed by atoms with Crippen molar-refractivity contribution in [2.45, 2.75) is 35.2 Å². The fraction of sp³-hybridized carbons (Fsp3) is 0.286. The average Bonchev–Trinajstić information content (AvgIpc) is 3.03. The van der Waals surface area contributed by atoms with Crippen molar-refractivity contribution in [1.29, 1.82) is 0 Å². The van der Waals surface area contributed by atoms with Gasteiger partial charge in [0, 0.05) is 47.2 Å². The Bertz CT molecular complexity index is 924. The molecule has 5 heteroatoms. The minimum atomic E-state index is -1.29. The summed E-state index contributed by atoms with van der Waals surface area (Å²) in [6.45, 7) is 3.66. The Morgan fingerprint density at radius 3 is 2.92 bits per heavy atom. The molecule has 0 spiro atoms. The minimum absolute atomic E-state index is 0.397. The molecule has 0 N–H and O–H groups in total. The molecule has 0 saturated carbocycles. The molecule has 3 aliphatic rings. The molecule has 26 heavy (non-hydrogen) atoms. The van der Waals surface area contributed by atoms with E-state index in [1.165, 1.54) is 11.3 Å². The van der Waals surface area contributed by atoms with Gasteiger partial charge in [-0.15, -0.1) is 0 Å². The number of pyridine rings is 1. The molecule has 3 heterocycles. The number of benzene rings is 1. The first-order valence-corrected chi connectivity index (χ1v) is 10.1. The summed E-state index contributed by atoms with van der Waals surface area (Å²) in [5, 5.41) is 0.592. The first kappa shape index (κ1) is 16.0. The number of hydrogen-bond acceptors (Lipinski definition) is 4. The number of aryl methyl sites for hydroxylation is 1. The molecule has 0 bridgehead atoms. The highest BCUT2D eigenvalue weighted by molar-refractivity contribution is 7.91. The zero-order valence-electron chi connectivity index (χ0n) is 14.6. The smallest absolute Gasteiger partial charge is 0.250 e. The summed E-state index contributed by atoms with van der Waals surface area (Å²) in [6.07, 6.45) is 7.55. The Morgan fingerprint density at radius 1 is 1.27 bits per heavy atom. The van der Waals surface area contributed by atoms with Crippen LogP contribution < -0.4 is 4.74 Å². The normalized spacial score (nSPS) is 24.2. The highest BCUT2D eigenvalue weighted by Crippen LogP contribution is 2.44. The molecule has 0 amide bonds. The highest BCUT2D eigenvalue weighted by Gasteiger charge is 2.41. The van der Waals surface area contributed by atoms with Gasteiger partial charge in [-0.1, -0.05) is 12.1 Å². The third kappa shape index (κ3) is 2.54. The van der Waals surface area contributed by atoms with E-state index in [4.69, 9.17) is 4.74 Å². The molecule has 1 fully saturated rings. The van der Waals surface area contributed by atoms with E-state index < -0.39 is 11.2 Å². The van der Waals surface area contributed by atoms with Gasteiger partial charge in [0.05, 0.1) is 6.04 Å². The monoisotopic (exact) mass is 364 g/mol. The van der Waals surface area contributed by atoms with Gasteiger partial charge in [0.2, 0.25) is 0 Å². The number of rotatable bonds is 3. The molecule has 1 aliphatic carbocycles. The highest BCUT2D eigenvalue weighted by atomic mass is 32.2. The van der Waals surface area contributed by atoms with E-state index >= 15 is 0 Å². The number of hydrogen-bond donors (Lipinski definition) is 0. The predicted octanol–water partition coefficient (Wildman–Crippen LogP) is 3.56. The quantitative estimate of drug-likeness (QED) is 0.782. The van der Waals surface area contributed by atoms with Gasteiger partial charge in [0.15, 0.2) is 4.90 Å². The lowest BCUT2D eigenvalue weighted by Gasteiger charge is -2.36. The maximum absolute atomic E-state index is 12.9. The lowest BCUT2D eigenvalue weighted by atomic mass is 9.89. The molecule has 0 radical (unpaired) electrons.